The van der Waals surface area contributed by atoms with Crippen LogP contribution in [0.25, 0.3) is 0 Å². The maximum atomic E-state index is 11.5. The molecule has 1 aromatic rings. The van der Waals surface area contributed by atoms with Crippen molar-refractivity contribution in [3.63, 3.8) is 0 Å². The van der Waals surface area contributed by atoms with E-state index in [0.717, 1.165) is 5.56 Å². The van der Waals surface area contributed by atoms with Gasteiger partial charge in [0.1, 0.15) is 0 Å². The van der Waals surface area contributed by atoms with Crippen LogP contribution in [0, 0.1) is 4.91 Å². The number of halogens is 1. The van der Waals surface area contributed by atoms with E-state index in [0.29, 0.717) is 5.56 Å². The van der Waals surface area contributed by atoms with Crippen LogP contribution in [-0.2, 0) is 5.41 Å². The molecule has 0 radical (unpaired) electrons. The molecule has 0 aliphatic rings. The maximum Gasteiger partial charge on any atom is 0.226 e. The van der Waals surface area contributed by atoms with E-state index in [2.05, 4.69) is 5.18 Å². The number of methoxy groups -OCH3 is 1. The van der Waals surface area contributed by atoms with Crippen molar-refractivity contribution in [2.75, 3.05) is 7.11 Å². The third-order valence-corrected chi connectivity index (χ3v) is 3.03. The Hall–Kier alpha value is -0.980. The molecule has 0 heterocycles. The maximum absolute atomic E-state index is 11.5. The highest BCUT2D eigenvalue weighted by Crippen LogP contribution is 2.37. The Morgan fingerprint density at radius 2 is 1.94 bits per heavy atom. The molecule has 0 N–H and O–H groups in total. The van der Waals surface area contributed by atoms with Gasteiger partial charge in [0.2, 0.25) is 3.79 Å². The molecule has 0 fully saturated rings. The van der Waals surface area contributed by atoms with Crippen molar-refractivity contribution in [2.24, 2.45) is 5.18 Å². The number of benzene rings is 1. The van der Waals surface area contributed by atoms with Gasteiger partial charge < -0.3 is 4.74 Å². The van der Waals surface area contributed by atoms with E-state index < -0.39 is 0 Å². The fraction of sp³-hybridized carbons (Fsp3) is 0.417. The van der Waals surface area contributed by atoms with Crippen molar-refractivity contribution in [3.05, 3.63) is 28.2 Å². The van der Waals surface area contributed by atoms with Gasteiger partial charge in [0, 0.05) is 22.6 Å². The lowest BCUT2D eigenvalue weighted by Gasteiger charge is -2.21. The van der Waals surface area contributed by atoms with Crippen LogP contribution in [0.4, 0.5) is 5.69 Å². The molecule has 0 amide bonds. The molecule has 4 nitrogen and oxygen atoms in total. The quantitative estimate of drug-likeness (QED) is 0.472. The number of nitroso groups, excluding NO2 is 1. The Morgan fingerprint density at radius 1 is 1.35 bits per heavy atom. The molecule has 0 bridgehead atoms. The standard InChI is InChI=1S/C12H14INO3/c1-12(2,3)7-5-8(11(13)15)10(17-4)9(6-7)14-16/h5-6H,1-4H3. The van der Waals surface area contributed by atoms with Gasteiger partial charge in [0.15, 0.2) is 11.4 Å². The molecule has 0 aliphatic carbocycles. The number of carbonyl (C=O) groups excluding carboxylic acids is 1. The van der Waals surface area contributed by atoms with Crippen LogP contribution >= 0.6 is 22.6 Å². The number of ether oxygens (including phenoxy) is 1. The molecule has 0 aliphatic heterocycles. The number of carbonyl (C=O) groups is 1. The summed E-state index contributed by atoms with van der Waals surface area (Å²) in [6.45, 7) is 6.01. The lowest BCUT2D eigenvalue weighted by molar-refractivity contribution is 0.110. The fourth-order valence-electron chi connectivity index (χ4n) is 1.47. The molecule has 5 heteroatoms. The number of nitrogens with zero attached hydrogens (tertiary/aromatic N) is 1. The first-order valence-corrected chi connectivity index (χ1v) is 6.15. The normalized spacial score (nSPS) is 11.1. The average molecular weight is 347 g/mol. The molecular formula is C12H14INO3. The number of rotatable bonds is 3. The van der Waals surface area contributed by atoms with Crippen LogP contribution in [0.3, 0.4) is 0 Å². The summed E-state index contributed by atoms with van der Waals surface area (Å²) in [6.07, 6.45) is 0. The van der Waals surface area contributed by atoms with Crippen molar-refractivity contribution in [1.82, 2.24) is 0 Å². The van der Waals surface area contributed by atoms with E-state index in [1.165, 1.54) is 7.11 Å². The predicted molar refractivity (Wildman–Crippen MR) is 75.5 cm³/mol. The van der Waals surface area contributed by atoms with Crippen molar-refractivity contribution in [1.29, 1.82) is 0 Å². The molecule has 0 unspecified atom stereocenters. The van der Waals surface area contributed by atoms with Crippen LogP contribution < -0.4 is 4.74 Å². The average Bonchev–Trinajstić information content (AvgIpc) is 2.25. The summed E-state index contributed by atoms with van der Waals surface area (Å²) >= 11 is 1.67. The van der Waals surface area contributed by atoms with Gasteiger partial charge in [-0.1, -0.05) is 20.8 Å². The zero-order valence-electron chi connectivity index (χ0n) is 10.2. The molecule has 0 atom stereocenters. The van der Waals surface area contributed by atoms with Crippen LogP contribution in [-0.4, -0.2) is 10.9 Å². The van der Waals surface area contributed by atoms with Gasteiger partial charge in [-0.15, -0.1) is 4.91 Å². The second-order valence-electron chi connectivity index (χ2n) is 4.69. The minimum Gasteiger partial charge on any atom is -0.494 e. The van der Waals surface area contributed by atoms with E-state index in [1.807, 2.05) is 20.8 Å². The smallest absolute Gasteiger partial charge is 0.226 e. The fourth-order valence-corrected chi connectivity index (χ4v) is 1.88. The van der Waals surface area contributed by atoms with Gasteiger partial charge in [-0.25, -0.2) is 0 Å². The van der Waals surface area contributed by atoms with E-state index in [1.54, 1.807) is 34.7 Å². The van der Waals surface area contributed by atoms with Gasteiger partial charge in [-0.3, -0.25) is 4.79 Å². The number of hydrogen-bond donors (Lipinski definition) is 0. The van der Waals surface area contributed by atoms with E-state index in [4.69, 9.17) is 4.74 Å². The Bertz CT molecular complexity index is 464. The van der Waals surface area contributed by atoms with Crippen molar-refractivity contribution in [2.45, 2.75) is 26.2 Å². The monoisotopic (exact) mass is 347 g/mol. The largest absolute Gasteiger partial charge is 0.494 e. The second-order valence-corrected chi connectivity index (χ2v) is 5.67. The van der Waals surface area contributed by atoms with Gasteiger partial charge in [-0.2, -0.15) is 0 Å². The SMILES string of the molecule is COc1c(N=O)cc(C(C)(C)C)cc1C(=O)I. The molecule has 0 spiro atoms. The zero-order valence-corrected chi connectivity index (χ0v) is 12.4. The molecular weight excluding hydrogens is 333 g/mol. The molecule has 0 saturated carbocycles. The topological polar surface area (TPSA) is 55.7 Å². The molecule has 0 aromatic heterocycles. The summed E-state index contributed by atoms with van der Waals surface area (Å²) < 4.78 is 4.91. The van der Waals surface area contributed by atoms with Crippen LogP contribution in [0.2, 0.25) is 0 Å². The minimum absolute atomic E-state index is 0.160. The molecule has 0 saturated heterocycles. The molecule has 1 aromatic carbocycles. The molecule has 17 heavy (non-hydrogen) atoms. The highest BCUT2D eigenvalue weighted by Gasteiger charge is 2.22. The second kappa shape index (κ2) is 5.12. The van der Waals surface area contributed by atoms with Crippen LogP contribution in [0.1, 0.15) is 36.7 Å². The van der Waals surface area contributed by atoms with E-state index >= 15 is 0 Å². The summed E-state index contributed by atoms with van der Waals surface area (Å²) in [6, 6.07) is 3.41. The van der Waals surface area contributed by atoms with Gasteiger partial charge >= 0.3 is 0 Å². The number of hydrogen-bond acceptors (Lipinski definition) is 4. The Labute approximate surface area is 114 Å². The Kier molecular flexibility index (Phi) is 4.24. The summed E-state index contributed by atoms with van der Waals surface area (Å²) in [7, 11) is 1.42. The van der Waals surface area contributed by atoms with E-state index in [9.17, 15) is 9.70 Å². The Morgan fingerprint density at radius 3 is 2.29 bits per heavy atom. The lowest BCUT2D eigenvalue weighted by Crippen LogP contribution is -2.12. The van der Waals surface area contributed by atoms with Crippen molar-refractivity contribution >= 4 is 32.1 Å². The first-order valence-electron chi connectivity index (χ1n) is 5.07. The third kappa shape index (κ3) is 3.02. The molecule has 1 rings (SSSR count). The third-order valence-electron chi connectivity index (χ3n) is 2.45. The van der Waals surface area contributed by atoms with Crippen LogP contribution in [0.15, 0.2) is 17.3 Å². The highest BCUT2D eigenvalue weighted by atomic mass is 127. The van der Waals surface area contributed by atoms with Crippen molar-refractivity contribution < 1.29 is 9.53 Å². The van der Waals surface area contributed by atoms with Gasteiger partial charge in [0.05, 0.1) is 12.7 Å². The summed E-state index contributed by atoms with van der Waals surface area (Å²) in [5.74, 6) is 0.243. The van der Waals surface area contributed by atoms with Crippen molar-refractivity contribution in [3.8, 4) is 5.75 Å². The predicted octanol–water partition coefficient (Wildman–Crippen LogP) is 3.97. The van der Waals surface area contributed by atoms with Gasteiger partial charge in [0.25, 0.3) is 0 Å². The zero-order chi connectivity index (χ0) is 13.2. The first kappa shape index (κ1) is 14.1. The minimum atomic E-state index is -0.171. The molecule has 92 valence electrons. The highest BCUT2D eigenvalue weighted by molar-refractivity contribution is 14.1. The summed E-state index contributed by atoms with van der Waals surface area (Å²) in [4.78, 5) is 22.3. The summed E-state index contributed by atoms with van der Waals surface area (Å²) in [5.41, 5.74) is 1.27. The van der Waals surface area contributed by atoms with E-state index in [-0.39, 0.29) is 20.6 Å². The first-order chi connectivity index (χ1) is 7.81. The van der Waals surface area contributed by atoms with Crippen LogP contribution in [0.5, 0.6) is 5.75 Å². The summed E-state index contributed by atoms with van der Waals surface area (Å²) in [5, 5.41) is 2.93. The lowest BCUT2D eigenvalue weighted by atomic mass is 9.85. The van der Waals surface area contributed by atoms with Gasteiger partial charge in [-0.05, 0) is 28.3 Å². The Balaban J connectivity index is 3.57.